The maximum atomic E-state index is 6.16. The van der Waals surface area contributed by atoms with E-state index in [1.807, 2.05) is 0 Å². The van der Waals surface area contributed by atoms with Crippen molar-refractivity contribution in [1.82, 2.24) is 4.90 Å². The molecule has 2 nitrogen and oxygen atoms in total. The van der Waals surface area contributed by atoms with Gasteiger partial charge in [0.25, 0.3) is 0 Å². The summed E-state index contributed by atoms with van der Waals surface area (Å²) in [7, 11) is 0. The standard InChI is InChI=1S/C29H37NO/c1-3-16-30(17-4-2)18-15-23-9-12-28-21-29(14-13-27(28)19-23)31-22-24-10-11-25-7-5-6-8-26(25)20-24/h5-8,10-11,13-14,20-21,23H,3-4,9,12,15-19,22H2,1-2H3. The molecule has 3 aromatic rings. The second kappa shape index (κ2) is 10.8. The minimum Gasteiger partial charge on any atom is -0.489 e. The van der Waals surface area contributed by atoms with E-state index in [4.69, 9.17) is 4.74 Å². The number of benzene rings is 3. The average Bonchev–Trinajstić information content (AvgIpc) is 2.81. The van der Waals surface area contributed by atoms with Gasteiger partial charge < -0.3 is 9.64 Å². The van der Waals surface area contributed by atoms with E-state index in [0.717, 1.165) is 11.7 Å². The highest BCUT2D eigenvalue weighted by atomic mass is 16.5. The molecule has 31 heavy (non-hydrogen) atoms. The van der Waals surface area contributed by atoms with Crippen LogP contribution in [0.5, 0.6) is 5.75 Å². The van der Waals surface area contributed by atoms with Gasteiger partial charge in [0, 0.05) is 0 Å². The van der Waals surface area contributed by atoms with Crippen molar-refractivity contribution in [3.8, 4) is 5.75 Å². The second-order valence-corrected chi connectivity index (χ2v) is 9.14. The molecule has 2 heteroatoms. The van der Waals surface area contributed by atoms with Gasteiger partial charge in [0.15, 0.2) is 0 Å². The highest BCUT2D eigenvalue weighted by Gasteiger charge is 2.20. The summed E-state index contributed by atoms with van der Waals surface area (Å²) in [5.41, 5.74) is 4.25. The summed E-state index contributed by atoms with van der Waals surface area (Å²) in [6.45, 7) is 8.95. The molecule has 0 aromatic heterocycles. The molecular formula is C29H37NO. The topological polar surface area (TPSA) is 12.5 Å². The third-order valence-corrected chi connectivity index (χ3v) is 6.66. The molecule has 1 unspecified atom stereocenters. The molecule has 1 aliphatic rings. The Morgan fingerprint density at radius 2 is 1.65 bits per heavy atom. The molecule has 0 bridgehead atoms. The summed E-state index contributed by atoms with van der Waals surface area (Å²) in [6, 6.07) is 21.9. The van der Waals surface area contributed by atoms with E-state index in [9.17, 15) is 0 Å². The van der Waals surface area contributed by atoms with Crippen LogP contribution in [-0.4, -0.2) is 24.5 Å². The number of fused-ring (bicyclic) bond motifs is 2. The average molecular weight is 416 g/mol. The van der Waals surface area contributed by atoms with Crippen LogP contribution < -0.4 is 4.74 Å². The lowest BCUT2D eigenvalue weighted by molar-refractivity contribution is 0.245. The summed E-state index contributed by atoms with van der Waals surface area (Å²) < 4.78 is 6.16. The van der Waals surface area contributed by atoms with Crippen molar-refractivity contribution in [1.29, 1.82) is 0 Å². The molecule has 3 aromatic carbocycles. The summed E-state index contributed by atoms with van der Waals surface area (Å²) in [4.78, 5) is 2.65. The Balaban J connectivity index is 1.32. The minimum atomic E-state index is 0.622. The van der Waals surface area contributed by atoms with Crippen LogP contribution in [-0.2, 0) is 19.4 Å². The van der Waals surface area contributed by atoms with Crippen LogP contribution in [0.2, 0.25) is 0 Å². The van der Waals surface area contributed by atoms with Gasteiger partial charge in [-0.1, -0.05) is 56.3 Å². The van der Waals surface area contributed by atoms with Gasteiger partial charge in [0.2, 0.25) is 0 Å². The zero-order valence-electron chi connectivity index (χ0n) is 19.3. The first-order valence-corrected chi connectivity index (χ1v) is 12.2. The normalized spacial score (nSPS) is 15.9. The zero-order valence-corrected chi connectivity index (χ0v) is 19.3. The number of rotatable bonds is 10. The lowest BCUT2D eigenvalue weighted by atomic mass is 9.82. The highest BCUT2D eigenvalue weighted by Crippen LogP contribution is 2.31. The van der Waals surface area contributed by atoms with Crippen molar-refractivity contribution in [3.63, 3.8) is 0 Å². The lowest BCUT2D eigenvalue weighted by Crippen LogP contribution is -2.29. The van der Waals surface area contributed by atoms with Crippen LogP contribution >= 0.6 is 0 Å². The van der Waals surface area contributed by atoms with E-state index < -0.39 is 0 Å². The lowest BCUT2D eigenvalue weighted by Gasteiger charge is -2.28. The Kier molecular flexibility index (Phi) is 7.64. The first kappa shape index (κ1) is 21.9. The van der Waals surface area contributed by atoms with Crippen molar-refractivity contribution in [2.45, 2.75) is 59.0 Å². The van der Waals surface area contributed by atoms with Crippen molar-refractivity contribution in [2.75, 3.05) is 19.6 Å². The van der Waals surface area contributed by atoms with Crippen LogP contribution in [0.4, 0.5) is 0 Å². The molecule has 0 radical (unpaired) electrons. The van der Waals surface area contributed by atoms with Crippen LogP contribution in [0.15, 0.2) is 60.7 Å². The summed E-state index contributed by atoms with van der Waals surface area (Å²) in [5, 5.41) is 2.55. The van der Waals surface area contributed by atoms with Crippen LogP contribution in [0, 0.1) is 5.92 Å². The SMILES string of the molecule is CCCN(CCC)CCC1CCc2cc(OCc3ccc4ccccc4c3)ccc2C1. The molecule has 1 atom stereocenters. The molecule has 0 amide bonds. The Hall–Kier alpha value is -2.32. The second-order valence-electron chi connectivity index (χ2n) is 9.14. The fourth-order valence-electron chi connectivity index (χ4n) is 4.97. The van der Waals surface area contributed by atoms with Gasteiger partial charge in [-0.2, -0.15) is 0 Å². The Bertz CT molecular complexity index is 973. The Labute approximate surface area is 188 Å². The first-order chi connectivity index (χ1) is 15.2. The third kappa shape index (κ3) is 5.89. The molecule has 0 saturated heterocycles. The van der Waals surface area contributed by atoms with Gasteiger partial charge in [-0.05, 0) is 110 Å². The van der Waals surface area contributed by atoms with Gasteiger partial charge in [0.05, 0.1) is 0 Å². The van der Waals surface area contributed by atoms with Gasteiger partial charge >= 0.3 is 0 Å². The molecule has 0 N–H and O–H groups in total. The van der Waals surface area contributed by atoms with Crippen LogP contribution in [0.25, 0.3) is 10.8 Å². The molecule has 0 spiro atoms. The molecule has 1 aliphatic carbocycles. The van der Waals surface area contributed by atoms with Crippen LogP contribution in [0.3, 0.4) is 0 Å². The maximum Gasteiger partial charge on any atom is 0.120 e. The molecule has 0 aliphatic heterocycles. The maximum absolute atomic E-state index is 6.16. The van der Waals surface area contributed by atoms with Crippen molar-refractivity contribution >= 4 is 10.8 Å². The van der Waals surface area contributed by atoms with Crippen molar-refractivity contribution in [3.05, 3.63) is 77.4 Å². The van der Waals surface area contributed by atoms with E-state index in [1.165, 1.54) is 85.6 Å². The number of hydrogen-bond donors (Lipinski definition) is 0. The van der Waals surface area contributed by atoms with Gasteiger partial charge in [0.1, 0.15) is 12.4 Å². The van der Waals surface area contributed by atoms with Crippen LogP contribution in [0.1, 0.15) is 56.2 Å². The Morgan fingerprint density at radius 3 is 2.45 bits per heavy atom. The van der Waals surface area contributed by atoms with Gasteiger partial charge in [-0.15, -0.1) is 0 Å². The first-order valence-electron chi connectivity index (χ1n) is 12.2. The fourth-order valence-corrected chi connectivity index (χ4v) is 4.97. The molecule has 0 saturated carbocycles. The quantitative estimate of drug-likeness (QED) is 0.352. The molecule has 4 rings (SSSR count). The monoisotopic (exact) mass is 415 g/mol. The summed E-state index contributed by atoms with van der Waals surface area (Å²) in [5.74, 6) is 1.83. The smallest absolute Gasteiger partial charge is 0.120 e. The largest absolute Gasteiger partial charge is 0.489 e. The fraction of sp³-hybridized carbons (Fsp3) is 0.448. The van der Waals surface area contributed by atoms with E-state index in [0.29, 0.717) is 6.61 Å². The molecule has 0 fully saturated rings. The third-order valence-electron chi connectivity index (χ3n) is 6.66. The van der Waals surface area contributed by atoms with Gasteiger partial charge in [-0.3, -0.25) is 0 Å². The number of hydrogen-bond acceptors (Lipinski definition) is 2. The predicted molar refractivity (Wildman–Crippen MR) is 132 cm³/mol. The molecule has 0 heterocycles. The van der Waals surface area contributed by atoms with Crippen molar-refractivity contribution < 1.29 is 4.74 Å². The predicted octanol–water partition coefficient (Wildman–Crippen LogP) is 7.04. The summed E-state index contributed by atoms with van der Waals surface area (Å²) in [6.07, 6.45) is 7.58. The Morgan fingerprint density at radius 1 is 0.839 bits per heavy atom. The highest BCUT2D eigenvalue weighted by molar-refractivity contribution is 5.82. The van der Waals surface area contributed by atoms with E-state index in [1.54, 1.807) is 0 Å². The minimum absolute atomic E-state index is 0.622. The number of aryl methyl sites for hydroxylation is 1. The summed E-state index contributed by atoms with van der Waals surface area (Å²) >= 11 is 0. The van der Waals surface area contributed by atoms with Gasteiger partial charge in [-0.25, -0.2) is 0 Å². The molecule has 164 valence electrons. The number of ether oxygens (including phenoxy) is 1. The van der Waals surface area contributed by atoms with Crippen molar-refractivity contribution in [2.24, 2.45) is 5.92 Å². The zero-order chi connectivity index (χ0) is 21.5. The van der Waals surface area contributed by atoms with E-state index >= 15 is 0 Å². The number of nitrogens with zero attached hydrogens (tertiary/aromatic N) is 1. The molecular weight excluding hydrogens is 378 g/mol. The van der Waals surface area contributed by atoms with E-state index in [-0.39, 0.29) is 0 Å². The van der Waals surface area contributed by atoms with E-state index in [2.05, 4.69) is 79.4 Å².